The Morgan fingerprint density at radius 3 is 0.610 bits per heavy atom. The fraction of sp³-hybridized carbons (Fsp3) is 0.875. The second kappa shape index (κ2) is 36.8. The van der Waals surface area contributed by atoms with Crippen molar-refractivity contribution >= 4 is 23.9 Å². The summed E-state index contributed by atoms with van der Waals surface area (Å²) in [6.45, 7) is 17.1. The normalized spacial score (nSPS) is 10.0. The van der Waals surface area contributed by atoms with Gasteiger partial charge in [0.2, 0.25) is 0 Å². The molecule has 0 saturated heterocycles. The number of hydrogen-bond donors (Lipinski definition) is 0. The summed E-state index contributed by atoms with van der Waals surface area (Å²) in [5.41, 5.74) is 0. The second-order valence-electron chi connectivity index (χ2n) is 12.0. The van der Waals surface area contributed by atoms with Crippen LogP contribution in [-0.4, -0.2) is 23.9 Å². The Balaban J connectivity index is -0.000000139. The van der Waals surface area contributed by atoms with Gasteiger partial charge in [0.25, 0.3) is 0 Å². The topological polar surface area (TPSA) is 161 Å². The molecule has 0 spiro atoms. The van der Waals surface area contributed by atoms with E-state index >= 15 is 0 Å². The zero-order chi connectivity index (χ0) is 31.9. The van der Waals surface area contributed by atoms with Gasteiger partial charge in [-0.25, -0.2) is 0 Å². The van der Waals surface area contributed by atoms with Crippen molar-refractivity contribution in [3.63, 3.8) is 0 Å². The van der Waals surface area contributed by atoms with Crippen molar-refractivity contribution in [1.82, 2.24) is 0 Å². The molecule has 0 aromatic carbocycles. The van der Waals surface area contributed by atoms with E-state index < -0.39 is 23.9 Å². The third-order valence-corrected chi connectivity index (χ3v) is 5.65. The first-order valence-corrected chi connectivity index (χ1v) is 15.3. The maximum absolute atomic E-state index is 9.93. The molecule has 0 aromatic rings. The summed E-state index contributed by atoms with van der Waals surface area (Å²) in [6, 6.07) is 0. The molecule has 240 valence electrons. The van der Waals surface area contributed by atoms with Crippen LogP contribution in [0.5, 0.6) is 0 Å². The molecule has 0 atom stereocenters. The SMILES string of the molecule is CC(C)CCCCC(=O)[O-].CC(C)CCCCC(=O)[O-].CC(C)CCCCC(=O)[O-].CC(C)CCCCC(=O)[O-].[Zr+4]. The number of hydrogen-bond acceptors (Lipinski definition) is 8. The molecule has 0 fully saturated rings. The van der Waals surface area contributed by atoms with Crippen molar-refractivity contribution in [1.29, 1.82) is 0 Å². The van der Waals surface area contributed by atoms with E-state index in [0.717, 1.165) is 77.0 Å². The van der Waals surface area contributed by atoms with Gasteiger partial charge in [-0.05, 0) is 75.0 Å². The van der Waals surface area contributed by atoms with Crippen LogP contribution in [0.1, 0.15) is 158 Å². The van der Waals surface area contributed by atoms with Gasteiger partial charge in [0.15, 0.2) is 0 Å². The summed E-state index contributed by atoms with van der Waals surface area (Å²) >= 11 is 0. The van der Waals surface area contributed by atoms with Gasteiger partial charge >= 0.3 is 26.2 Å². The van der Waals surface area contributed by atoms with Crippen LogP contribution in [0.25, 0.3) is 0 Å². The molecule has 0 heterocycles. The summed E-state index contributed by atoms with van der Waals surface area (Å²) in [6.07, 6.45) is 12.4. The molecule has 8 nitrogen and oxygen atoms in total. The van der Waals surface area contributed by atoms with Gasteiger partial charge in [0, 0.05) is 23.9 Å². The van der Waals surface area contributed by atoms with Crippen molar-refractivity contribution in [2.45, 2.75) is 158 Å². The predicted molar refractivity (Wildman–Crippen MR) is 153 cm³/mol. The molecule has 9 heteroatoms. The van der Waals surface area contributed by atoms with E-state index in [-0.39, 0.29) is 51.9 Å². The minimum Gasteiger partial charge on any atom is -0.550 e. The van der Waals surface area contributed by atoms with E-state index in [1.165, 1.54) is 0 Å². The second-order valence-corrected chi connectivity index (χ2v) is 12.0. The van der Waals surface area contributed by atoms with Crippen LogP contribution in [0.2, 0.25) is 0 Å². The first kappa shape index (κ1) is 49.4. The van der Waals surface area contributed by atoms with Crippen LogP contribution >= 0.6 is 0 Å². The van der Waals surface area contributed by atoms with Crippen LogP contribution in [0, 0.1) is 23.7 Å². The van der Waals surface area contributed by atoms with Crippen LogP contribution in [0.4, 0.5) is 0 Å². The fourth-order valence-electron chi connectivity index (χ4n) is 3.29. The standard InChI is InChI=1S/4C8H16O2.Zr/c4*1-7(2)5-3-4-6-8(9)10;/h4*7H,3-6H2,1-2H3,(H,9,10);/q;;;;+4/p-4. The number of unbranched alkanes of at least 4 members (excludes halogenated alkanes) is 4. The fourth-order valence-corrected chi connectivity index (χ4v) is 3.29. The van der Waals surface area contributed by atoms with E-state index in [1.807, 2.05) is 0 Å². The average Bonchev–Trinajstić information content (AvgIpc) is 2.80. The number of carboxylic acids is 4. The van der Waals surface area contributed by atoms with Gasteiger partial charge in [0.05, 0.1) is 0 Å². The Bertz CT molecular complexity index is 501. The van der Waals surface area contributed by atoms with Crippen LogP contribution in [-0.2, 0) is 45.4 Å². The molecule has 0 aromatic heterocycles. The molecular formula is C32H60O8Zr. The molecule has 0 bridgehead atoms. The predicted octanol–water partition coefficient (Wildman–Crippen LogP) is 3.81. The summed E-state index contributed by atoms with van der Waals surface area (Å²) in [4.78, 5) is 39.7. The van der Waals surface area contributed by atoms with Crippen LogP contribution in [0.3, 0.4) is 0 Å². The molecule has 41 heavy (non-hydrogen) atoms. The van der Waals surface area contributed by atoms with Crippen LogP contribution in [0.15, 0.2) is 0 Å². The molecule has 0 aliphatic rings. The van der Waals surface area contributed by atoms with Gasteiger partial charge in [-0.2, -0.15) is 0 Å². The number of carboxylic acid groups (broad SMARTS) is 4. The molecule has 0 N–H and O–H groups in total. The van der Waals surface area contributed by atoms with Gasteiger partial charge in [-0.15, -0.1) is 0 Å². The Labute approximate surface area is 270 Å². The Hall–Kier alpha value is -1.24. The minimum absolute atomic E-state index is 0. The molecule has 0 amide bonds. The van der Waals surface area contributed by atoms with E-state index in [2.05, 4.69) is 55.4 Å². The molecule has 0 aliphatic heterocycles. The number of rotatable bonds is 20. The summed E-state index contributed by atoms with van der Waals surface area (Å²) in [5.74, 6) is -0.980. The Morgan fingerprint density at radius 2 is 0.512 bits per heavy atom. The quantitative estimate of drug-likeness (QED) is 0.178. The van der Waals surface area contributed by atoms with Gasteiger partial charge in [-0.3, -0.25) is 0 Å². The molecular weight excluding hydrogens is 604 g/mol. The third-order valence-electron chi connectivity index (χ3n) is 5.65. The summed E-state index contributed by atoms with van der Waals surface area (Å²) in [7, 11) is 0. The Morgan fingerprint density at radius 1 is 0.366 bits per heavy atom. The van der Waals surface area contributed by atoms with Crippen LogP contribution < -0.4 is 20.4 Å². The van der Waals surface area contributed by atoms with Gasteiger partial charge in [0.1, 0.15) is 0 Å². The van der Waals surface area contributed by atoms with Crippen molar-refractivity contribution in [3.8, 4) is 0 Å². The van der Waals surface area contributed by atoms with Crippen molar-refractivity contribution in [2.75, 3.05) is 0 Å². The zero-order valence-corrected chi connectivity index (χ0v) is 29.8. The molecule has 0 rings (SSSR count). The first-order valence-electron chi connectivity index (χ1n) is 15.3. The Kier molecular flexibility index (Phi) is 44.4. The van der Waals surface area contributed by atoms with Gasteiger partial charge in [-0.1, -0.05) is 107 Å². The maximum Gasteiger partial charge on any atom is 4.00 e. The average molecular weight is 664 g/mol. The third kappa shape index (κ3) is 73.1. The van der Waals surface area contributed by atoms with E-state index in [0.29, 0.717) is 23.7 Å². The molecule has 0 radical (unpaired) electrons. The molecule has 0 saturated carbocycles. The minimum atomic E-state index is -0.927. The summed E-state index contributed by atoms with van der Waals surface area (Å²) in [5, 5.41) is 39.7. The number of carbonyl (C=O) groups excluding carboxylic acids is 4. The molecule has 0 aliphatic carbocycles. The monoisotopic (exact) mass is 662 g/mol. The number of aliphatic carboxylic acids is 4. The van der Waals surface area contributed by atoms with Gasteiger partial charge < -0.3 is 39.6 Å². The first-order chi connectivity index (χ1) is 18.5. The molecule has 0 unspecified atom stereocenters. The van der Waals surface area contributed by atoms with Crippen molar-refractivity contribution in [2.24, 2.45) is 23.7 Å². The maximum atomic E-state index is 9.93. The largest absolute Gasteiger partial charge is 4.00 e. The van der Waals surface area contributed by atoms with E-state index in [9.17, 15) is 39.6 Å². The smallest absolute Gasteiger partial charge is 0.550 e. The van der Waals surface area contributed by atoms with Crippen molar-refractivity contribution < 1.29 is 65.8 Å². The van der Waals surface area contributed by atoms with E-state index in [4.69, 9.17) is 0 Å². The van der Waals surface area contributed by atoms with E-state index in [1.54, 1.807) is 0 Å². The van der Waals surface area contributed by atoms with Crippen molar-refractivity contribution in [3.05, 3.63) is 0 Å². The summed E-state index contributed by atoms with van der Waals surface area (Å²) < 4.78 is 0. The number of carbonyl (C=O) groups is 4. The zero-order valence-electron chi connectivity index (χ0n) is 27.4.